The molecule has 0 spiro atoms. The van der Waals surface area contributed by atoms with E-state index in [1.165, 1.54) is 0 Å². The molecule has 136 valence electrons. The van der Waals surface area contributed by atoms with E-state index < -0.39 is 55.1 Å². The van der Waals surface area contributed by atoms with Crippen LogP contribution in [0.25, 0.3) is 0 Å². The predicted molar refractivity (Wildman–Crippen MR) is 78.4 cm³/mol. The third kappa shape index (κ3) is 3.85. The van der Waals surface area contributed by atoms with Gasteiger partial charge in [0.15, 0.2) is 6.29 Å². The number of hydrogen-bond acceptors (Lipinski definition) is 8. The molecule has 2 saturated heterocycles. The van der Waals surface area contributed by atoms with Gasteiger partial charge in [-0.05, 0) is 12.3 Å². The van der Waals surface area contributed by atoms with Crippen LogP contribution in [0, 0.1) is 5.41 Å². The number of aliphatic hydroxyl groups excluding tert-OH is 5. The Labute approximate surface area is 135 Å². The van der Waals surface area contributed by atoms with Crippen LogP contribution in [0.1, 0.15) is 27.7 Å². The van der Waals surface area contributed by atoms with E-state index in [4.69, 9.17) is 14.2 Å². The van der Waals surface area contributed by atoms with E-state index in [0.29, 0.717) is 0 Å². The smallest absolute Gasteiger partial charge is 0.186 e. The van der Waals surface area contributed by atoms with Crippen molar-refractivity contribution in [2.45, 2.75) is 82.8 Å². The summed E-state index contributed by atoms with van der Waals surface area (Å²) in [6, 6.07) is 0. The van der Waals surface area contributed by atoms with Gasteiger partial charge < -0.3 is 39.7 Å². The minimum atomic E-state index is -1.46. The van der Waals surface area contributed by atoms with Crippen LogP contribution in [0.5, 0.6) is 0 Å². The summed E-state index contributed by atoms with van der Waals surface area (Å²) in [6.07, 6.45) is -9.76. The summed E-state index contributed by atoms with van der Waals surface area (Å²) in [5, 5.41) is 49.7. The van der Waals surface area contributed by atoms with Crippen LogP contribution >= 0.6 is 0 Å². The zero-order valence-electron chi connectivity index (χ0n) is 13.9. The van der Waals surface area contributed by atoms with Gasteiger partial charge in [0.2, 0.25) is 0 Å². The largest absolute Gasteiger partial charge is 0.388 e. The molecule has 0 aromatic carbocycles. The molecule has 0 bridgehead atoms. The minimum absolute atomic E-state index is 0.200. The van der Waals surface area contributed by atoms with Crippen LogP contribution in [0.3, 0.4) is 0 Å². The van der Waals surface area contributed by atoms with Gasteiger partial charge in [-0.3, -0.25) is 0 Å². The van der Waals surface area contributed by atoms with Crippen molar-refractivity contribution >= 4 is 0 Å². The second kappa shape index (κ2) is 6.89. The third-order valence-corrected chi connectivity index (χ3v) is 4.42. The molecule has 2 fully saturated rings. The highest BCUT2D eigenvalue weighted by Gasteiger charge is 2.49. The molecular formula is C15H28O8. The molecule has 2 rings (SSSR count). The molecule has 2 aliphatic rings. The summed E-state index contributed by atoms with van der Waals surface area (Å²) in [5.41, 5.74) is -0.374. The summed E-state index contributed by atoms with van der Waals surface area (Å²) in [6.45, 7) is 7.18. The summed E-state index contributed by atoms with van der Waals surface area (Å²) >= 11 is 0. The molecule has 2 aliphatic heterocycles. The number of rotatable bonds is 2. The van der Waals surface area contributed by atoms with Crippen molar-refractivity contribution in [1.82, 2.24) is 0 Å². The Morgan fingerprint density at radius 1 is 0.913 bits per heavy atom. The molecule has 0 amide bonds. The Balaban J connectivity index is 2.06. The highest BCUT2D eigenvalue weighted by Crippen LogP contribution is 2.34. The summed E-state index contributed by atoms with van der Waals surface area (Å²) < 4.78 is 16.5. The second-order valence-corrected chi connectivity index (χ2v) is 7.46. The van der Waals surface area contributed by atoms with Gasteiger partial charge in [-0.2, -0.15) is 0 Å². The maximum Gasteiger partial charge on any atom is 0.186 e. The Hall–Kier alpha value is -0.320. The second-order valence-electron chi connectivity index (χ2n) is 7.46. The zero-order valence-corrected chi connectivity index (χ0v) is 13.9. The lowest BCUT2D eigenvalue weighted by atomic mass is 9.80. The molecule has 23 heavy (non-hydrogen) atoms. The predicted octanol–water partition coefficient (Wildman–Crippen LogP) is -1.63. The Morgan fingerprint density at radius 2 is 1.52 bits per heavy atom. The van der Waals surface area contributed by atoms with E-state index in [-0.39, 0.29) is 12.0 Å². The van der Waals surface area contributed by atoms with Gasteiger partial charge in [0, 0.05) is 0 Å². The van der Waals surface area contributed by atoms with E-state index in [1.807, 2.05) is 20.8 Å². The Kier molecular flexibility index (Phi) is 5.70. The fraction of sp³-hybridized carbons (Fsp3) is 1.00. The zero-order chi connectivity index (χ0) is 17.5. The van der Waals surface area contributed by atoms with Gasteiger partial charge in [-0.15, -0.1) is 0 Å². The fourth-order valence-corrected chi connectivity index (χ4v) is 3.00. The Morgan fingerprint density at radius 3 is 2.09 bits per heavy atom. The van der Waals surface area contributed by atoms with Crippen LogP contribution in [0.4, 0.5) is 0 Å². The summed E-state index contributed by atoms with van der Waals surface area (Å²) in [4.78, 5) is 0. The van der Waals surface area contributed by atoms with Crippen molar-refractivity contribution in [3.05, 3.63) is 0 Å². The van der Waals surface area contributed by atoms with Crippen molar-refractivity contribution in [3.8, 4) is 0 Å². The van der Waals surface area contributed by atoms with Gasteiger partial charge in [0.05, 0.1) is 18.8 Å². The lowest BCUT2D eigenvalue weighted by molar-refractivity contribution is -0.325. The molecule has 5 N–H and O–H groups in total. The average molecular weight is 336 g/mol. The molecule has 0 aromatic heterocycles. The van der Waals surface area contributed by atoms with Crippen molar-refractivity contribution < 1.29 is 39.7 Å². The molecule has 9 atom stereocenters. The first-order valence-corrected chi connectivity index (χ1v) is 7.87. The molecule has 8 heteroatoms. The van der Waals surface area contributed by atoms with Crippen LogP contribution in [-0.2, 0) is 14.2 Å². The first-order chi connectivity index (χ1) is 10.5. The Bertz CT molecular complexity index is 397. The maximum absolute atomic E-state index is 10.4. The van der Waals surface area contributed by atoms with Crippen LogP contribution in [-0.4, -0.2) is 87.3 Å². The number of hydrogen-bond donors (Lipinski definition) is 5. The molecule has 0 saturated carbocycles. The molecule has 6 unspecified atom stereocenters. The molecule has 0 aliphatic carbocycles. The van der Waals surface area contributed by atoms with Gasteiger partial charge in [-0.1, -0.05) is 20.8 Å². The van der Waals surface area contributed by atoms with E-state index in [0.717, 1.165) is 0 Å². The quantitative estimate of drug-likeness (QED) is 0.406. The third-order valence-electron chi connectivity index (χ3n) is 4.42. The highest BCUT2D eigenvalue weighted by molar-refractivity contribution is 4.96. The number of aliphatic hydroxyl groups is 5. The summed E-state index contributed by atoms with van der Waals surface area (Å²) in [7, 11) is 0. The van der Waals surface area contributed by atoms with E-state index >= 15 is 0 Å². The van der Waals surface area contributed by atoms with Crippen LogP contribution in [0.15, 0.2) is 0 Å². The molecule has 0 aromatic rings. The normalized spacial score (nSPS) is 49.2. The standard InChI is InChI=1S/C15H28O8/c1-6-12(9(18)10(19)13(22-6)15(2,3)4)23-14-11(20)8(17)7(16)5-21-14/h6-14,16-20H,5H2,1-4H3/t6?,7?,8?,9?,10?,11?,12-,13+,14-/m0/s1. The number of ether oxygens (including phenoxy) is 3. The first-order valence-electron chi connectivity index (χ1n) is 7.87. The van der Waals surface area contributed by atoms with E-state index in [1.54, 1.807) is 6.92 Å². The molecular weight excluding hydrogens is 308 g/mol. The monoisotopic (exact) mass is 336 g/mol. The molecule has 0 radical (unpaired) electrons. The fourth-order valence-electron chi connectivity index (χ4n) is 3.00. The van der Waals surface area contributed by atoms with Crippen molar-refractivity contribution in [3.63, 3.8) is 0 Å². The SMILES string of the molecule is CC1O[C@@H](C(C)(C)C)C(O)C(O)[C@H]1O[C@@H]1OCC(O)C(O)C1O. The van der Waals surface area contributed by atoms with Crippen molar-refractivity contribution in [1.29, 1.82) is 0 Å². The minimum Gasteiger partial charge on any atom is -0.388 e. The van der Waals surface area contributed by atoms with Gasteiger partial charge in [-0.25, -0.2) is 0 Å². The van der Waals surface area contributed by atoms with Crippen molar-refractivity contribution in [2.24, 2.45) is 5.41 Å². The van der Waals surface area contributed by atoms with Gasteiger partial charge in [0.1, 0.15) is 36.6 Å². The van der Waals surface area contributed by atoms with E-state index in [9.17, 15) is 25.5 Å². The average Bonchev–Trinajstić information content (AvgIpc) is 2.46. The first kappa shape index (κ1) is 19.0. The lowest BCUT2D eigenvalue weighted by Crippen LogP contribution is -2.63. The topological polar surface area (TPSA) is 129 Å². The van der Waals surface area contributed by atoms with E-state index in [2.05, 4.69) is 0 Å². The highest BCUT2D eigenvalue weighted by atomic mass is 16.7. The maximum atomic E-state index is 10.4. The molecule has 2 heterocycles. The van der Waals surface area contributed by atoms with Crippen LogP contribution in [0.2, 0.25) is 0 Å². The summed E-state index contributed by atoms with van der Waals surface area (Å²) in [5.74, 6) is 0. The van der Waals surface area contributed by atoms with Gasteiger partial charge in [0.25, 0.3) is 0 Å². The van der Waals surface area contributed by atoms with Crippen molar-refractivity contribution in [2.75, 3.05) is 6.61 Å². The lowest BCUT2D eigenvalue weighted by Gasteiger charge is -2.47. The van der Waals surface area contributed by atoms with Gasteiger partial charge >= 0.3 is 0 Å². The molecule has 8 nitrogen and oxygen atoms in total. The van der Waals surface area contributed by atoms with Crippen LogP contribution < -0.4 is 0 Å².